The molecule has 3 fully saturated rings. The van der Waals surface area contributed by atoms with Gasteiger partial charge >= 0.3 is 18.4 Å². The van der Waals surface area contributed by atoms with Gasteiger partial charge in [0.05, 0.1) is 34.9 Å². The van der Waals surface area contributed by atoms with Crippen LogP contribution < -0.4 is 5.32 Å². The summed E-state index contributed by atoms with van der Waals surface area (Å²) in [5, 5.41) is 3.03. The number of piperidine rings is 1. The predicted molar refractivity (Wildman–Crippen MR) is 160 cm³/mol. The van der Waals surface area contributed by atoms with E-state index in [1.54, 1.807) is 30.3 Å². The Morgan fingerprint density at radius 3 is 2.15 bits per heavy atom. The van der Waals surface area contributed by atoms with Gasteiger partial charge in [-0.2, -0.15) is 26.3 Å². The number of hydrogen-bond donors (Lipinski definition) is 1. The van der Waals surface area contributed by atoms with E-state index in [0.29, 0.717) is 49.9 Å². The summed E-state index contributed by atoms with van der Waals surface area (Å²) in [6.07, 6.45) is -10.3. The summed E-state index contributed by atoms with van der Waals surface area (Å²) in [4.78, 5) is 32.2. The highest BCUT2D eigenvalue weighted by atomic mass is 19.4. The number of piperazine rings is 1. The van der Waals surface area contributed by atoms with Crippen LogP contribution in [0.3, 0.4) is 0 Å². The van der Waals surface area contributed by atoms with Crippen LogP contribution in [0, 0.1) is 0 Å². The van der Waals surface area contributed by atoms with Gasteiger partial charge in [-0.05, 0) is 62.6 Å². The average molecular weight is 671 g/mol. The van der Waals surface area contributed by atoms with Gasteiger partial charge in [-0.15, -0.1) is 0 Å². The summed E-state index contributed by atoms with van der Waals surface area (Å²) in [6, 6.07) is 10.3. The monoisotopic (exact) mass is 670 g/mol. The van der Waals surface area contributed by atoms with Crippen molar-refractivity contribution in [3.63, 3.8) is 0 Å². The number of likely N-dealkylation sites (N-methyl/N-ethyl adjacent to an activating group) is 1. The van der Waals surface area contributed by atoms with E-state index in [1.165, 1.54) is 11.8 Å². The third-order valence-electron chi connectivity index (χ3n) is 9.64. The van der Waals surface area contributed by atoms with Crippen LogP contribution >= 0.6 is 0 Å². The third-order valence-corrected chi connectivity index (χ3v) is 9.64. The van der Waals surface area contributed by atoms with Gasteiger partial charge in [0.25, 0.3) is 0 Å². The molecule has 14 heteroatoms. The standard InChI is InChI=1S/C33H40F6N4O4/c1-23(24-18-26(32(34,35)36)20-27(19-24)33(37,38)39)47-22-31(25-6-4-3-5-7-25)11-10-30(9-8-28(44)40-30)21-43(31)29(45)46-17-16-42-14-12-41(2)13-15-42/h3-7,18-20,23H,8-17,21-22H2,1-2H3,(H,40,44)/t23-,30-,31-/m1/s1. The second-order valence-electron chi connectivity index (χ2n) is 12.9. The van der Waals surface area contributed by atoms with Gasteiger partial charge < -0.3 is 19.7 Å². The molecule has 2 aromatic rings. The number of benzene rings is 2. The Labute approximate surface area is 270 Å². The molecule has 5 rings (SSSR count). The molecule has 1 N–H and O–H groups in total. The second kappa shape index (κ2) is 13.6. The van der Waals surface area contributed by atoms with E-state index in [9.17, 15) is 35.9 Å². The Kier molecular flexibility index (Phi) is 10.1. The van der Waals surface area contributed by atoms with Crippen LogP contribution in [0.5, 0.6) is 0 Å². The van der Waals surface area contributed by atoms with Crippen molar-refractivity contribution in [3.05, 3.63) is 70.8 Å². The first kappa shape index (κ1) is 35.0. The molecule has 258 valence electrons. The Hall–Kier alpha value is -3.36. The lowest BCUT2D eigenvalue weighted by molar-refractivity contribution is -0.143. The predicted octanol–water partition coefficient (Wildman–Crippen LogP) is 5.83. The Morgan fingerprint density at radius 2 is 1.57 bits per heavy atom. The SMILES string of the molecule is C[C@@H](OC[C@@]1(c2ccccc2)CC[C@]2(CCC(=O)N2)CN1C(=O)OCCN1CCN(C)CC1)c1cc(C(F)(F)F)cc(C(F)(F)F)c1. The molecule has 2 aromatic carbocycles. The van der Waals surface area contributed by atoms with E-state index in [0.717, 1.165) is 26.2 Å². The number of alkyl halides is 6. The molecule has 0 aliphatic carbocycles. The average Bonchev–Trinajstić information content (AvgIpc) is 3.40. The van der Waals surface area contributed by atoms with Crippen LogP contribution in [-0.2, 0) is 32.2 Å². The van der Waals surface area contributed by atoms with E-state index in [-0.39, 0.29) is 37.3 Å². The molecule has 47 heavy (non-hydrogen) atoms. The highest BCUT2D eigenvalue weighted by Gasteiger charge is 2.54. The van der Waals surface area contributed by atoms with E-state index in [2.05, 4.69) is 15.1 Å². The maximum absolute atomic E-state index is 14.0. The molecule has 0 saturated carbocycles. The maximum Gasteiger partial charge on any atom is 0.416 e. The third kappa shape index (κ3) is 8.03. The van der Waals surface area contributed by atoms with Gasteiger partial charge in [-0.1, -0.05) is 30.3 Å². The molecular weight excluding hydrogens is 630 g/mol. The summed E-state index contributed by atoms with van der Waals surface area (Å²) in [6.45, 7) is 5.33. The van der Waals surface area contributed by atoms with Gasteiger partial charge in [0.15, 0.2) is 0 Å². The van der Waals surface area contributed by atoms with Crippen molar-refractivity contribution in [2.45, 2.75) is 62.1 Å². The first-order valence-electron chi connectivity index (χ1n) is 15.7. The summed E-state index contributed by atoms with van der Waals surface area (Å²) in [5.41, 5.74) is -4.38. The number of nitrogens with zero attached hydrogens (tertiary/aromatic N) is 3. The highest BCUT2D eigenvalue weighted by molar-refractivity contribution is 5.80. The molecule has 0 radical (unpaired) electrons. The Morgan fingerprint density at radius 1 is 0.936 bits per heavy atom. The number of likely N-dealkylation sites (tertiary alicyclic amines) is 1. The number of nitrogens with one attached hydrogen (secondary N) is 1. The van der Waals surface area contributed by atoms with Crippen molar-refractivity contribution >= 4 is 12.0 Å². The zero-order valence-electron chi connectivity index (χ0n) is 26.4. The molecule has 1 spiro atoms. The van der Waals surface area contributed by atoms with Crippen LogP contribution in [0.25, 0.3) is 0 Å². The molecule has 3 saturated heterocycles. The van der Waals surface area contributed by atoms with Gasteiger partial charge in [0, 0.05) is 45.7 Å². The number of halogens is 6. The maximum atomic E-state index is 14.0. The van der Waals surface area contributed by atoms with Crippen molar-refractivity contribution in [1.82, 2.24) is 20.0 Å². The topological polar surface area (TPSA) is 74.3 Å². The zero-order chi connectivity index (χ0) is 34.0. The molecule has 3 aliphatic heterocycles. The number of rotatable bonds is 8. The number of carbonyl (C=O) groups is 2. The van der Waals surface area contributed by atoms with Gasteiger partial charge in [-0.25, -0.2) is 4.79 Å². The summed E-state index contributed by atoms with van der Waals surface area (Å²) in [7, 11) is 2.04. The molecule has 8 nitrogen and oxygen atoms in total. The minimum atomic E-state index is -5.00. The smallest absolute Gasteiger partial charge is 0.416 e. The zero-order valence-corrected chi connectivity index (χ0v) is 26.4. The Balaban J connectivity index is 1.43. The van der Waals surface area contributed by atoms with E-state index in [4.69, 9.17) is 9.47 Å². The molecule has 0 bridgehead atoms. The summed E-state index contributed by atoms with van der Waals surface area (Å²) >= 11 is 0. The fraction of sp³-hybridized carbons (Fsp3) is 0.576. The van der Waals surface area contributed by atoms with Crippen LogP contribution in [0.2, 0.25) is 0 Å². The van der Waals surface area contributed by atoms with Crippen LogP contribution in [-0.4, -0.2) is 91.8 Å². The van der Waals surface area contributed by atoms with Crippen molar-refractivity contribution < 1.29 is 45.4 Å². The molecule has 3 aliphatic rings. The van der Waals surface area contributed by atoms with Gasteiger partial charge in [0.2, 0.25) is 5.91 Å². The van der Waals surface area contributed by atoms with Crippen molar-refractivity contribution in [1.29, 1.82) is 0 Å². The molecule has 3 atom stereocenters. The first-order valence-corrected chi connectivity index (χ1v) is 15.7. The lowest BCUT2D eigenvalue weighted by Crippen LogP contribution is -2.65. The van der Waals surface area contributed by atoms with Gasteiger partial charge in [-0.3, -0.25) is 14.6 Å². The first-order chi connectivity index (χ1) is 22.1. The quantitative estimate of drug-likeness (QED) is 0.357. The van der Waals surface area contributed by atoms with E-state index >= 15 is 0 Å². The minimum absolute atomic E-state index is 0.0814. The van der Waals surface area contributed by atoms with Gasteiger partial charge in [0.1, 0.15) is 6.61 Å². The summed E-state index contributed by atoms with van der Waals surface area (Å²) < 4.78 is 93.6. The molecule has 3 heterocycles. The van der Waals surface area contributed by atoms with Crippen LogP contribution in [0.1, 0.15) is 61.0 Å². The van der Waals surface area contributed by atoms with Crippen LogP contribution in [0.4, 0.5) is 31.1 Å². The summed E-state index contributed by atoms with van der Waals surface area (Å²) in [5.74, 6) is -0.129. The Bertz CT molecular complexity index is 1380. The lowest BCUT2D eigenvalue weighted by Gasteiger charge is -2.52. The van der Waals surface area contributed by atoms with Crippen molar-refractivity contribution in [3.8, 4) is 0 Å². The largest absolute Gasteiger partial charge is 0.448 e. The molecule has 0 unspecified atom stereocenters. The highest BCUT2D eigenvalue weighted by Crippen LogP contribution is 2.45. The number of ether oxygens (including phenoxy) is 2. The molecular formula is C33H40F6N4O4. The second-order valence-corrected chi connectivity index (χ2v) is 12.9. The normalized spacial score (nSPS) is 25.2. The number of hydrogen-bond acceptors (Lipinski definition) is 6. The lowest BCUT2D eigenvalue weighted by atomic mass is 9.74. The molecule has 2 amide bonds. The fourth-order valence-electron chi connectivity index (χ4n) is 6.70. The number of carbonyl (C=O) groups excluding carboxylic acids is 2. The van der Waals surface area contributed by atoms with E-state index < -0.39 is 46.8 Å². The minimum Gasteiger partial charge on any atom is -0.448 e. The van der Waals surface area contributed by atoms with E-state index in [1.807, 2.05) is 7.05 Å². The van der Waals surface area contributed by atoms with Crippen molar-refractivity contribution in [2.24, 2.45) is 0 Å². The molecule has 0 aromatic heterocycles. The van der Waals surface area contributed by atoms with Crippen LogP contribution in [0.15, 0.2) is 48.5 Å². The van der Waals surface area contributed by atoms with Crippen molar-refractivity contribution in [2.75, 3.05) is 59.5 Å². The fourth-order valence-corrected chi connectivity index (χ4v) is 6.70. The number of amides is 2.